The number of aryl methyl sites for hydroxylation is 1. The molecule has 0 spiro atoms. The number of aromatic nitrogens is 2. The lowest BCUT2D eigenvalue weighted by atomic mass is 10.2. The summed E-state index contributed by atoms with van der Waals surface area (Å²) in [6.07, 6.45) is 1.21. The predicted octanol–water partition coefficient (Wildman–Crippen LogP) is 4.96. The zero-order valence-electron chi connectivity index (χ0n) is 22.5. The van der Waals surface area contributed by atoms with Gasteiger partial charge in [0, 0.05) is 37.9 Å². The molecule has 0 radical (unpaired) electrons. The molecule has 0 aliphatic carbocycles. The van der Waals surface area contributed by atoms with E-state index in [0.717, 1.165) is 15.8 Å². The molecule has 214 valence electrons. The highest BCUT2D eigenvalue weighted by molar-refractivity contribution is 7.89. The van der Waals surface area contributed by atoms with E-state index in [4.69, 9.17) is 21.3 Å². The van der Waals surface area contributed by atoms with Crippen molar-refractivity contribution in [2.24, 2.45) is 0 Å². The summed E-state index contributed by atoms with van der Waals surface area (Å²) in [5.41, 5.74) is 2.63. The summed E-state index contributed by atoms with van der Waals surface area (Å²) in [5, 5.41) is 1.01. The van der Waals surface area contributed by atoms with Crippen LogP contribution in [0.5, 0.6) is 0 Å². The fourth-order valence-electron chi connectivity index (χ4n) is 4.49. The maximum Gasteiger partial charge on any atom is 0.409 e. The Morgan fingerprint density at radius 2 is 1.78 bits per heavy atom. The molecule has 1 aliphatic rings. The highest BCUT2D eigenvalue weighted by atomic mass is 35.5. The van der Waals surface area contributed by atoms with Gasteiger partial charge in [-0.15, -0.1) is 0 Å². The molecule has 1 fully saturated rings. The van der Waals surface area contributed by atoms with E-state index in [1.165, 1.54) is 49.7 Å². The number of rotatable bonds is 7. The molecule has 1 aliphatic heterocycles. The molecule has 10 nitrogen and oxygen atoms in total. The number of hydrogen-bond donors (Lipinski definition) is 0. The van der Waals surface area contributed by atoms with Crippen molar-refractivity contribution in [1.29, 1.82) is 0 Å². The van der Waals surface area contributed by atoms with Crippen LogP contribution in [0.15, 0.2) is 65.7 Å². The Morgan fingerprint density at radius 1 is 1.05 bits per heavy atom. The molecule has 0 atom stereocenters. The first-order valence-corrected chi connectivity index (χ1v) is 15.6. The van der Waals surface area contributed by atoms with Gasteiger partial charge in [-0.1, -0.05) is 35.1 Å². The molecule has 0 unspecified atom stereocenters. The molecular weight excluding hydrogens is 586 g/mol. The average molecular weight is 614 g/mol. The van der Waals surface area contributed by atoms with E-state index >= 15 is 0 Å². The zero-order chi connectivity index (χ0) is 29.1. The summed E-state index contributed by atoms with van der Waals surface area (Å²) >= 11 is 7.75. The van der Waals surface area contributed by atoms with E-state index in [2.05, 4.69) is 4.98 Å². The maximum atomic E-state index is 13.8. The van der Waals surface area contributed by atoms with E-state index in [0.29, 0.717) is 21.4 Å². The molecule has 2 amide bonds. The highest BCUT2D eigenvalue weighted by Crippen LogP contribution is 2.36. The van der Waals surface area contributed by atoms with Crippen LogP contribution in [0, 0.1) is 6.92 Å². The van der Waals surface area contributed by atoms with Crippen molar-refractivity contribution in [3.63, 3.8) is 0 Å². The highest BCUT2D eigenvalue weighted by Gasteiger charge is 2.31. The molecule has 2 aromatic carbocycles. The minimum Gasteiger partial charge on any atom is -0.450 e. The Kier molecular flexibility index (Phi) is 8.55. The second kappa shape index (κ2) is 12.1. The summed E-state index contributed by atoms with van der Waals surface area (Å²) in [7, 11) is -3.82. The molecule has 0 bridgehead atoms. The van der Waals surface area contributed by atoms with Gasteiger partial charge in [-0.25, -0.2) is 18.2 Å². The van der Waals surface area contributed by atoms with Crippen LogP contribution >= 0.6 is 22.9 Å². The third-order valence-electron chi connectivity index (χ3n) is 6.71. The Balaban J connectivity index is 1.39. The number of hydrogen-bond acceptors (Lipinski definition) is 8. The summed E-state index contributed by atoms with van der Waals surface area (Å²) in [6, 6.07) is 15.0. The molecule has 13 heteroatoms. The number of pyridine rings is 1. The summed E-state index contributed by atoms with van der Waals surface area (Å²) in [4.78, 5) is 38.0. The number of anilines is 1. The number of nitrogens with zero attached hydrogens (tertiary/aromatic N) is 5. The molecule has 0 saturated carbocycles. The molecule has 1 saturated heterocycles. The number of piperazine rings is 1. The lowest BCUT2D eigenvalue weighted by Crippen LogP contribution is -2.50. The topological polar surface area (TPSA) is 113 Å². The van der Waals surface area contributed by atoms with E-state index in [1.54, 1.807) is 19.2 Å². The molecular formula is C28H28ClN5O5S2. The van der Waals surface area contributed by atoms with Gasteiger partial charge >= 0.3 is 6.09 Å². The summed E-state index contributed by atoms with van der Waals surface area (Å²) in [5.74, 6) is -0.351. The maximum absolute atomic E-state index is 13.8. The van der Waals surface area contributed by atoms with Crippen molar-refractivity contribution in [1.82, 2.24) is 19.2 Å². The zero-order valence-corrected chi connectivity index (χ0v) is 24.9. The van der Waals surface area contributed by atoms with Crippen LogP contribution in [0.25, 0.3) is 10.2 Å². The van der Waals surface area contributed by atoms with Gasteiger partial charge in [0.15, 0.2) is 5.13 Å². The number of carbonyl (C=O) groups excluding carboxylic acids is 2. The van der Waals surface area contributed by atoms with Crippen molar-refractivity contribution >= 4 is 60.3 Å². The van der Waals surface area contributed by atoms with Gasteiger partial charge in [-0.2, -0.15) is 4.31 Å². The predicted molar refractivity (Wildman–Crippen MR) is 158 cm³/mol. The summed E-state index contributed by atoms with van der Waals surface area (Å²) < 4.78 is 33.7. The van der Waals surface area contributed by atoms with Crippen molar-refractivity contribution in [2.45, 2.75) is 25.3 Å². The van der Waals surface area contributed by atoms with Gasteiger partial charge < -0.3 is 9.64 Å². The normalized spacial score (nSPS) is 14.3. The lowest BCUT2D eigenvalue weighted by Gasteiger charge is -2.33. The number of thiazole rings is 1. The largest absolute Gasteiger partial charge is 0.450 e. The van der Waals surface area contributed by atoms with Gasteiger partial charge in [0.25, 0.3) is 5.91 Å². The summed E-state index contributed by atoms with van der Waals surface area (Å²) in [6.45, 7) is 4.86. The monoisotopic (exact) mass is 613 g/mol. The van der Waals surface area contributed by atoms with Crippen molar-refractivity contribution in [3.8, 4) is 0 Å². The number of carbonyl (C=O) groups is 2. The number of fused-ring (bicyclic) bond motifs is 1. The minimum absolute atomic E-state index is 0.0669. The smallest absolute Gasteiger partial charge is 0.409 e. The Bertz CT molecular complexity index is 1630. The third kappa shape index (κ3) is 6.05. The first-order chi connectivity index (χ1) is 19.7. The molecule has 5 rings (SSSR count). The van der Waals surface area contributed by atoms with Crippen molar-refractivity contribution < 1.29 is 22.7 Å². The molecule has 41 heavy (non-hydrogen) atoms. The van der Waals surface area contributed by atoms with Crippen LogP contribution < -0.4 is 4.90 Å². The number of benzene rings is 2. The number of halogens is 1. The third-order valence-corrected chi connectivity index (χ3v) is 10.2. The van der Waals surface area contributed by atoms with E-state index in [1.807, 2.05) is 31.2 Å². The van der Waals surface area contributed by atoms with Gasteiger partial charge in [-0.3, -0.25) is 14.7 Å². The van der Waals surface area contributed by atoms with E-state index < -0.39 is 16.1 Å². The first-order valence-electron chi connectivity index (χ1n) is 13.0. The standard InChI is InChI=1S/C28H28ClN5O5S2/c1-3-39-28(36)32-14-16-33(17-15-32)41(37,38)22-10-8-20(9-11-22)26(35)34(18-21-6-4-5-13-30-21)27-31-24-19(2)7-12-23(29)25(24)40-27/h4-13H,3,14-18H2,1-2H3. The van der Waals surface area contributed by atoms with Crippen molar-refractivity contribution in [3.05, 3.63) is 82.6 Å². The molecule has 2 aromatic heterocycles. The number of sulfonamides is 1. The van der Waals surface area contributed by atoms with Crippen LogP contribution in [0.4, 0.5) is 9.93 Å². The second-order valence-electron chi connectivity index (χ2n) is 9.37. The Hall–Kier alpha value is -3.58. The number of amides is 2. The minimum atomic E-state index is -3.82. The molecule has 4 aromatic rings. The average Bonchev–Trinajstić information content (AvgIpc) is 3.45. The van der Waals surface area contributed by atoms with Crippen molar-refractivity contribution in [2.75, 3.05) is 37.7 Å². The lowest BCUT2D eigenvalue weighted by molar-refractivity contribution is 0.0933. The van der Waals surface area contributed by atoms with Crippen LogP contribution in [0.2, 0.25) is 5.02 Å². The SMILES string of the molecule is CCOC(=O)N1CCN(S(=O)(=O)c2ccc(C(=O)N(Cc3ccccn3)c3nc4c(C)ccc(Cl)c4s3)cc2)CC1. The quantitative estimate of drug-likeness (QED) is 0.289. The van der Waals surface area contributed by atoms with Crippen LogP contribution in [0.1, 0.15) is 28.5 Å². The number of ether oxygens (including phenoxy) is 1. The molecule has 0 N–H and O–H groups in total. The van der Waals surface area contributed by atoms with Crippen LogP contribution in [-0.2, 0) is 21.3 Å². The fourth-order valence-corrected chi connectivity index (χ4v) is 7.22. The van der Waals surface area contributed by atoms with Gasteiger partial charge in [0.1, 0.15) is 0 Å². The molecule has 3 heterocycles. The Labute approximate surface area is 247 Å². The van der Waals surface area contributed by atoms with E-state index in [9.17, 15) is 18.0 Å². The van der Waals surface area contributed by atoms with Gasteiger partial charge in [0.05, 0.1) is 39.0 Å². The second-order valence-corrected chi connectivity index (χ2v) is 12.7. The van der Waals surface area contributed by atoms with Gasteiger partial charge in [-0.05, 0) is 61.9 Å². The van der Waals surface area contributed by atoms with Crippen LogP contribution in [-0.4, -0.2) is 72.4 Å². The van der Waals surface area contributed by atoms with Crippen LogP contribution in [0.3, 0.4) is 0 Å². The first kappa shape index (κ1) is 28.9. The van der Waals surface area contributed by atoms with E-state index in [-0.39, 0.29) is 50.1 Å². The van der Waals surface area contributed by atoms with Gasteiger partial charge in [0.2, 0.25) is 10.0 Å². The fraction of sp³-hybridized carbons (Fsp3) is 0.286. The Morgan fingerprint density at radius 3 is 2.41 bits per heavy atom.